The number of piperidine rings is 2. The maximum Gasteiger partial charge on any atom is 0.317 e. The van der Waals surface area contributed by atoms with Gasteiger partial charge in [0.05, 0.1) is 0 Å². The number of nitrogens with zero attached hydrogens (tertiary/aromatic N) is 2. The first kappa shape index (κ1) is 17.3. The Bertz CT molecular complexity index is 696. The highest BCUT2D eigenvalue weighted by atomic mass is 19.1. The van der Waals surface area contributed by atoms with E-state index in [-0.39, 0.29) is 23.8 Å². The number of rotatable bonds is 3. The van der Waals surface area contributed by atoms with E-state index in [1.165, 1.54) is 6.07 Å². The van der Waals surface area contributed by atoms with Gasteiger partial charge in [-0.2, -0.15) is 0 Å². The van der Waals surface area contributed by atoms with Crippen molar-refractivity contribution in [3.05, 3.63) is 35.6 Å². The minimum atomic E-state index is -0.294. The second-order valence-electron chi connectivity index (χ2n) is 7.99. The zero-order valence-electron chi connectivity index (χ0n) is 15.0. The Morgan fingerprint density at radius 1 is 1.19 bits per heavy atom. The molecule has 0 radical (unpaired) electrons. The summed E-state index contributed by atoms with van der Waals surface area (Å²) in [7, 11) is 0. The van der Waals surface area contributed by atoms with E-state index in [0.29, 0.717) is 37.0 Å². The first-order chi connectivity index (χ1) is 12.6. The lowest BCUT2D eigenvalue weighted by Gasteiger charge is -2.47. The van der Waals surface area contributed by atoms with Gasteiger partial charge in [0.25, 0.3) is 0 Å². The number of carbonyl (C=O) groups excluding carboxylic acids is 2. The Balaban J connectivity index is 1.29. The molecular weight excluding hydrogens is 333 g/mol. The maximum absolute atomic E-state index is 13.7. The highest BCUT2D eigenvalue weighted by Crippen LogP contribution is 2.43. The molecule has 140 valence electrons. The van der Waals surface area contributed by atoms with Crippen molar-refractivity contribution in [2.75, 3.05) is 19.6 Å². The van der Waals surface area contributed by atoms with Gasteiger partial charge in [-0.25, -0.2) is 9.18 Å². The fourth-order valence-corrected chi connectivity index (χ4v) is 4.28. The minimum Gasteiger partial charge on any atom is -0.339 e. The van der Waals surface area contributed by atoms with E-state index in [0.717, 1.165) is 38.6 Å². The average Bonchev–Trinajstić information content (AvgIpc) is 3.49. The van der Waals surface area contributed by atoms with E-state index in [2.05, 4.69) is 10.2 Å². The lowest BCUT2D eigenvalue weighted by Crippen LogP contribution is -2.54. The predicted octanol–water partition coefficient (Wildman–Crippen LogP) is 2.90. The molecule has 4 rings (SSSR count). The van der Waals surface area contributed by atoms with Gasteiger partial charge in [-0.15, -0.1) is 0 Å². The third-order valence-electron chi connectivity index (χ3n) is 6.18. The normalized spacial score (nSPS) is 22.6. The monoisotopic (exact) mass is 359 g/mol. The molecule has 1 saturated carbocycles. The van der Waals surface area contributed by atoms with Gasteiger partial charge in [0.2, 0.25) is 5.91 Å². The van der Waals surface area contributed by atoms with Gasteiger partial charge in [-0.3, -0.25) is 4.79 Å². The molecule has 0 bridgehead atoms. The summed E-state index contributed by atoms with van der Waals surface area (Å²) in [6.07, 6.45) is 5.77. The van der Waals surface area contributed by atoms with E-state index in [4.69, 9.17) is 0 Å². The molecule has 1 N–H and O–H groups in total. The molecule has 1 aromatic rings. The standard InChI is InChI=1S/C20H26FN3O2/c21-17-4-2-1-3-15(17)13-22-19(26)23-11-9-20(10-12-23)8-7-18(25)24(14-20)16-5-6-16/h1-4,16H,5-14H2,(H,22,26). The number of amides is 3. The summed E-state index contributed by atoms with van der Waals surface area (Å²) in [5.41, 5.74) is 0.680. The van der Waals surface area contributed by atoms with Crippen molar-refractivity contribution in [1.29, 1.82) is 0 Å². The summed E-state index contributed by atoms with van der Waals surface area (Å²) < 4.78 is 13.7. The van der Waals surface area contributed by atoms with Crippen LogP contribution in [0.2, 0.25) is 0 Å². The van der Waals surface area contributed by atoms with Crippen LogP contribution < -0.4 is 5.32 Å². The molecule has 0 unspecified atom stereocenters. The number of urea groups is 1. The Kier molecular flexibility index (Phi) is 4.59. The summed E-state index contributed by atoms with van der Waals surface area (Å²) >= 11 is 0. The van der Waals surface area contributed by atoms with Crippen molar-refractivity contribution in [2.45, 2.75) is 51.1 Å². The number of halogens is 1. The lowest BCUT2D eigenvalue weighted by molar-refractivity contribution is -0.139. The van der Waals surface area contributed by atoms with Crippen LogP contribution in [0.5, 0.6) is 0 Å². The van der Waals surface area contributed by atoms with Crippen molar-refractivity contribution in [2.24, 2.45) is 5.41 Å². The number of hydrogen-bond acceptors (Lipinski definition) is 2. The van der Waals surface area contributed by atoms with E-state index in [1.54, 1.807) is 18.2 Å². The maximum atomic E-state index is 13.7. The molecule has 1 aliphatic carbocycles. The van der Waals surface area contributed by atoms with Crippen LogP contribution >= 0.6 is 0 Å². The molecule has 26 heavy (non-hydrogen) atoms. The lowest BCUT2D eigenvalue weighted by atomic mass is 9.72. The number of benzene rings is 1. The van der Waals surface area contributed by atoms with E-state index in [9.17, 15) is 14.0 Å². The van der Waals surface area contributed by atoms with Gasteiger partial charge in [0.1, 0.15) is 5.82 Å². The Morgan fingerprint density at radius 2 is 1.92 bits per heavy atom. The Hall–Kier alpha value is -2.11. The van der Waals surface area contributed by atoms with Crippen LogP contribution in [0.25, 0.3) is 0 Å². The molecule has 2 saturated heterocycles. The first-order valence-electron chi connectivity index (χ1n) is 9.62. The Labute approximate surface area is 153 Å². The summed E-state index contributed by atoms with van der Waals surface area (Å²) in [6, 6.07) is 6.85. The quantitative estimate of drug-likeness (QED) is 0.902. The molecule has 2 aliphatic heterocycles. The van der Waals surface area contributed by atoms with Crippen LogP contribution in [0, 0.1) is 11.2 Å². The number of likely N-dealkylation sites (tertiary alicyclic amines) is 2. The summed E-state index contributed by atoms with van der Waals surface area (Å²) in [5, 5.41) is 2.83. The van der Waals surface area contributed by atoms with Crippen LogP contribution in [0.1, 0.15) is 44.1 Å². The van der Waals surface area contributed by atoms with Crippen molar-refractivity contribution in [3.8, 4) is 0 Å². The van der Waals surface area contributed by atoms with Crippen molar-refractivity contribution in [3.63, 3.8) is 0 Å². The fraction of sp³-hybridized carbons (Fsp3) is 0.600. The highest BCUT2D eigenvalue weighted by molar-refractivity contribution is 5.78. The van der Waals surface area contributed by atoms with Crippen molar-refractivity contribution in [1.82, 2.24) is 15.1 Å². The second kappa shape index (κ2) is 6.89. The molecular formula is C20H26FN3O2. The van der Waals surface area contributed by atoms with Gasteiger partial charge in [-0.1, -0.05) is 18.2 Å². The molecule has 2 heterocycles. The average molecular weight is 359 g/mol. The van der Waals surface area contributed by atoms with E-state index >= 15 is 0 Å². The summed E-state index contributed by atoms with van der Waals surface area (Å²) in [4.78, 5) is 28.5. The number of nitrogens with one attached hydrogen (secondary N) is 1. The van der Waals surface area contributed by atoms with Gasteiger partial charge < -0.3 is 15.1 Å². The van der Waals surface area contributed by atoms with Crippen LogP contribution in [0.3, 0.4) is 0 Å². The summed E-state index contributed by atoms with van der Waals surface area (Å²) in [5.74, 6) is 0.0145. The number of hydrogen-bond donors (Lipinski definition) is 1. The molecule has 3 amide bonds. The van der Waals surface area contributed by atoms with Crippen LogP contribution in [-0.2, 0) is 11.3 Å². The fourth-order valence-electron chi connectivity index (χ4n) is 4.28. The smallest absolute Gasteiger partial charge is 0.317 e. The predicted molar refractivity (Wildman–Crippen MR) is 95.8 cm³/mol. The number of carbonyl (C=O) groups is 2. The molecule has 6 heteroatoms. The molecule has 0 aromatic heterocycles. The second-order valence-corrected chi connectivity index (χ2v) is 7.99. The van der Waals surface area contributed by atoms with Crippen LogP contribution in [-0.4, -0.2) is 47.4 Å². The third-order valence-corrected chi connectivity index (χ3v) is 6.18. The topological polar surface area (TPSA) is 52.7 Å². The van der Waals surface area contributed by atoms with Gasteiger partial charge >= 0.3 is 6.03 Å². The van der Waals surface area contributed by atoms with E-state index < -0.39 is 0 Å². The Morgan fingerprint density at radius 3 is 2.62 bits per heavy atom. The highest BCUT2D eigenvalue weighted by Gasteiger charge is 2.45. The largest absolute Gasteiger partial charge is 0.339 e. The third kappa shape index (κ3) is 3.55. The van der Waals surface area contributed by atoms with Crippen LogP contribution in [0.15, 0.2) is 24.3 Å². The van der Waals surface area contributed by atoms with Crippen molar-refractivity contribution < 1.29 is 14.0 Å². The SMILES string of the molecule is O=C(NCc1ccccc1F)N1CCC2(CCC(=O)N(C3CC3)C2)CC1. The molecule has 3 fully saturated rings. The molecule has 0 atom stereocenters. The van der Waals surface area contributed by atoms with Gasteiger partial charge in [0, 0.05) is 44.2 Å². The van der Waals surface area contributed by atoms with Gasteiger partial charge in [-0.05, 0) is 43.6 Å². The zero-order chi connectivity index (χ0) is 18.1. The first-order valence-corrected chi connectivity index (χ1v) is 9.62. The van der Waals surface area contributed by atoms with Crippen LogP contribution in [0.4, 0.5) is 9.18 Å². The molecule has 3 aliphatic rings. The summed E-state index contributed by atoms with van der Waals surface area (Å²) in [6.45, 7) is 2.48. The van der Waals surface area contributed by atoms with Gasteiger partial charge in [0.15, 0.2) is 0 Å². The molecule has 1 aromatic carbocycles. The minimum absolute atomic E-state index is 0.131. The van der Waals surface area contributed by atoms with Crippen molar-refractivity contribution >= 4 is 11.9 Å². The van der Waals surface area contributed by atoms with E-state index in [1.807, 2.05) is 4.90 Å². The zero-order valence-corrected chi connectivity index (χ0v) is 15.0. The molecule has 5 nitrogen and oxygen atoms in total. The molecule has 1 spiro atoms.